The molecule has 0 aromatic heterocycles. The molecule has 0 radical (unpaired) electrons. The van der Waals surface area contributed by atoms with E-state index in [4.69, 9.17) is 0 Å². The lowest BCUT2D eigenvalue weighted by Crippen LogP contribution is -2.35. The third-order valence-corrected chi connectivity index (χ3v) is 3.41. The Hall–Kier alpha value is 0.690. The van der Waals surface area contributed by atoms with Gasteiger partial charge < -0.3 is 5.32 Å². The Morgan fingerprint density at radius 2 is 1.92 bits per heavy atom. The second-order valence-corrected chi connectivity index (χ2v) is 6.69. The van der Waals surface area contributed by atoms with Gasteiger partial charge in [0.25, 0.3) is 0 Å². The first-order valence-corrected chi connectivity index (χ1v) is 6.09. The number of halogens is 1. The predicted octanol–water partition coefficient (Wildman–Crippen LogP) is 2.84. The Morgan fingerprint density at radius 3 is 2.58 bits per heavy atom. The van der Waals surface area contributed by atoms with Crippen LogP contribution in [0.15, 0.2) is 0 Å². The monoisotopic (exact) mass is 281 g/mol. The minimum absolute atomic E-state index is 0.549. The maximum Gasteiger partial charge on any atom is 0.0240 e. The summed E-state index contributed by atoms with van der Waals surface area (Å²) in [5, 5.41) is 3.52. The van der Waals surface area contributed by atoms with E-state index in [-0.39, 0.29) is 0 Å². The molecule has 1 aliphatic rings. The number of alkyl halides is 1. The molecule has 1 nitrogen and oxygen atoms in total. The van der Waals surface area contributed by atoms with Gasteiger partial charge in [-0.25, -0.2) is 0 Å². The van der Waals surface area contributed by atoms with Crippen LogP contribution in [0.25, 0.3) is 0 Å². The lowest BCUT2D eigenvalue weighted by atomic mass is 9.79. The summed E-state index contributed by atoms with van der Waals surface area (Å²) in [6.45, 7) is 9.54. The largest absolute Gasteiger partial charge is 0.315 e. The van der Waals surface area contributed by atoms with E-state index in [2.05, 4.69) is 48.7 Å². The Labute approximate surface area is 89.8 Å². The van der Waals surface area contributed by atoms with Crippen LogP contribution in [0.3, 0.4) is 0 Å². The number of nitrogens with one attached hydrogen (secondary N) is 1. The Kier molecular flexibility index (Phi) is 3.83. The zero-order chi connectivity index (χ0) is 9.19. The summed E-state index contributed by atoms with van der Waals surface area (Å²) in [5.41, 5.74) is 0.549. The zero-order valence-corrected chi connectivity index (χ0v) is 10.5. The molecule has 1 aliphatic heterocycles. The summed E-state index contributed by atoms with van der Waals surface area (Å²) >= 11 is 2.57. The smallest absolute Gasteiger partial charge is 0.0240 e. The summed E-state index contributed by atoms with van der Waals surface area (Å²) in [6.07, 6.45) is 2.71. The SMILES string of the molecule is CC1CNCC(I)CC(C)(C)C1. The molecular formula is C10H20IN. The molecule has 1 saturated heterocycles. The van der Waals surface area contributed by atoms with Crippen molar-refractivity contribution in [3.8, 4) is 0 Å². The fourth-order valence-electron chi connectivity index (χ4n) is 2.26. The second-order valence-electron chi connectivity index (χ2n) is 4.93. The molecule has 2 atom stereocenters. The van der Waals surface area contributed by atoms with Gasteiger partial charge in [-0.1, -0.05) is 43.4 Å². The lowest BCUT2D eigenvalue weighted by Gasteiger charge is -2.33. The van der Waals surface area contributed by atoms with Gasteiger partial charge in [0, 0.05) is 10.5 Å². The number of rotatable bonds is 0. The molecule has 0 aliphatic carbocycles. The molecule has 12 heavy (non-hydrogen) atoms. The van der Waals surface area contributed by atoms with Crippen LogP contribution in [0.2, 0.25) is 0 Å². The van der Waals surface area contributed by atoms with Crippen molar-refractivity contribution in [2.24, 2.45) is 11.3 Å². The molecule has 72 valence electrons. The van der Waals surface area contributed by atoms with Gasteiger partial charge in [-0.15, -0.1) is 0 Å². The van der Waals surface area contributed by atoms with Gasteiger partial charge in [-0.05, 0) is 30.7 Å². The van der Waals surface area contributed by atoms with Crippen LogP contribution in [-0.4, -0.2) is 17.0 Å². The van der Waals surface area contributed by atoms with E-state index in [1.165, 1.54) is 25.9 Å². The molecule has 0 aromatic carbocycles. The molecule has 0 saturated carbocycles. The number of hydrogen-bond donors (Lipinski definition) is 1. The molecule has 1 heterocycles. The van der Waals surface area contributed by atoms with Crippen LogP contribution in [0, 0.1) is 11.3 Å². The molecule has 2 unspecified atom stereocenters. The fourth-order valence-corrected chi connectivity index (χ4v) is 3.76. The first-order chi connectivity index (χ1) is 5.49. The molecule has 1 N–H and O–H groups in total. The van der Waals surface area contributed by atoms with Crippen LogP contribution >= 0.6 is 22.6 Å². The van der Waals surface area contributed by atoms with Crippen LogP contribution < -0.4 is 5.32 Å². The van der Waals surface area contributed by atoms with Gasteiger partial charge in [0.2, 0.25) is 0 Å². The highest BCUT2D eigenvalue weighted by atomic mass is 127. The van der Waals surface area contributed by atoms with Crippen molar-refractivity contribution in [1.82, 2.24) is 5.32 Å². The van der Waals surface area contributed by atoms with Crippen molar-refractivity contribution in [1.29, 1.82) is 0 Å². The summed E-state index contributed by atoms with van der Waals surface area (Å²) in [4.78, 5) is 0. The topological polar surface area (TPSA) is 12.0 Å². The quantitative estimate of drug-likeness (QED) is 0.532. The van der Waals surface area contributed by atoms with Gasteiger partial charge in [0.1, 0.15) is 0 Å². The molecule has 1 fully saturated rings. The highest BCUT2D eigenvalue weighted by Crippen LogP contribution is 2.33. The number of hydrogen-bond acceptors (Lipinski definition) is 1. The van der Waals surface area contributed by atoms with E-state index in [0.717, 1.165) is 9.84 Å². The van der Waals surface area contributed by atoms with Crippen LogP contribution in [0.1, 0.15) is 33.6 Å². The summed E-state index contributed by atoms with van der Waals surface area (Å²) in [6, 6.07) is 0. The Morgan fingerprint density at radius 1 is 1.25 bits per heavy atom. The third kappa shape index (κ3) is 3.60. The molecule has 0 spiro atoms. The standard InChI is InChI=1S/C10H20IN/c1-8-4-10(2,3)5-9(11)7-12-6-8/h8-9,12H,4-7H2,1-3H3. The van der Waals surface area contributed by atoms with Crippen molar-refractivity contribution < 1.29 is 0 Å². The van der Waals surface area contributed by atoms with E-state index >= 15 is 0 Å². The lowest BCUT2D eigenvalue weighted by molar-refractivity contribution is 0.235. The first kappa shape index (κ1) is 10.8. The Balaban J connectivity index is 2.51. The van der Waals surface area contributed by atoms with E-state index in [1.807, 2.05) is 0 Å². The van der Waals surface area contributed by atoms with E-state index in [9.17, 15) is 0 Å². The molecule has 0 aromatic rings. The average Bonchev–Trinajstić information content (AvgIpc) is 1.81. The third-order valence-electron chi connectivity index (χ3n) is 2.53. The predicted molar refractivity (Wildman–Crippen MR) is 62.9 cm³/mol. The van der Waals surface area contributed by atoms with Crippen molar-refractivity contribution in [2.75, 3.05) is 13.1 Å². The van der Waals surface area contributed by atoms with E-state index in [0.29, 0.717) is 5.41 Å². The highest BCUT2D eigenvalue weighted by molar-refractivity contribution is 14.1. The highest BCUT2D eigenvalue weighted by Gasteiger charge is 2.26. The van der Waals surface area contributed by atoms with Crippen molar-refractivity contribution >= 4 is 22.6 Å². The average molecular weight is 281 g/mol. The molecule has 0 bridgehead atoms. The maximum atomic E-state index is 3.52. The van der Waals surface area contributed by atoms with Gasteiger partial charge >= 0.3 is 0 Å². The summed E-state index contributed by atoms with van der Waals surface area (Å²) in [5.74, 6) is 0.837. The minimum Gasteiger partial charge on any atom is -0.315 e. The second kappa shape index (κ2) is 4.27. The van der Waals surface area contributed by atoms with Crippen molar-refractivity contribution in [3.05, 3.63) is 0 Å². The normalized spacial score (nSPS) is 37.0. The van der Waals surface area contributed by atoms with E-state index in [1.54, 1.807) is 0 Å². The molecule has 0 amide bonds. The molecule has 2 heteroatoms. The van der Waals surface area contributed by atoms with Crippen LogP contribution in [-0.2, 0) is 0 Å². The van der Waals surface area contributed by atoms with Gasteiger partial charge in [0.15, 0.2) is 0 Å². The summed E-state index contributed by atoms with van der Waals surface area (Å²) < 4.78 is 0.810. The van der Waals surface area contributed by atoms with Crippen molar-refractivity contribution in [2.45, 2.75) is 37.5 Å². The van der Waals surface area contributed by atoms with Crippen LogP contribution in [0.5, 0.6) is 0 Å². The molecular weight excluding hydrogens is 261 g/mol. The fraction of sp³-hybridized carbons (Fsp3) is 1.00. The van der Waals surface area contributed by atoms with Gasteiger partial charge in [-0.2, -0.15) is 0 Å². The first-order valence-electron chi connectivity index (χ1n) is 4.84. The zero-order valence-electron chi connectivity index (χ0n) is 8.36. The van der Waals surface area contributed by atoms with Gasteiger partial charge in [-0.3, -0.25) is 0 Å². The Bertz CT molecular complexity index is 131. The van der Waals surface area contributed by atoms with Crippen LogP contribution in [0.4, 0.5) is 0 Å². The molecule has 1 rings (SSSR count). The van der Waals surface area contributed by atoms with Crippen molar-refractivity contribution in [3.63, 3.8) is 0 Å². The minimum atomic E-state index is 0.549. The van der Waals surface area contributed by atoms with E-state index < -0.39 is 0 Å². The van der Waals surface area contributed by atoms with Gasteiger partial charge in [0.05, 0.1) is 0 Å². The maximum absolute atomic E-state index is 3.52. The summed E-state index contributed by atoms with van der Waals surface area (Å²) in [7, 11) is 0.